The van der Waals surface area contributed by atoms with Crippen LogP contribution in [0.3, 0.4) is 0 Å². The second-order valence-corrected chi connectivity index (χ2v) is 2.50. The van der Waals surface area contributed by atoms with E-state index < -0.39 is 0 Å². The molecule has 0 saturated carbocycles. The van der Waals surface area contributed by atoms with Gasteiger partial charge in [-0.2, -0.15) is 0 Å². The van der Waals surface area contributed by atoms with E-state index in [0.717, 1.165) is 13.1 Å². The molecule has 0 amide bonds. The van der Waals surface area contributed by atoms with Crippen molar-refractivity contribution < 1.29 is 0 Å². The maximum absolute atomic E-state index is 2.16. The predicted octanol–water partition coefficient (Wildman–Crippen LogP) is 2.20. The molecule has 64 valence electrons. The molecule has 2 nitrogen and oxygen atoms in total. The van der Waals surface area contributed by atoms with Crippen molar-refractivity contribution in [2.75, 3.05) is 13.7 Å². The molecule has 1 rings (SSSR count). The normalized spacial score (nSPS) is 16.2. The third-order valence-corrected chi connectivity index (χ3v) is 1.43. The molecule has 1 aliphatic rings. The molecule has 0 spiro atoms. The molecule has 0 aliphatic carbocycles. The first-order chi connectivity index (χ1) is 4.83. The van der Waals surface area contributed by atoms with E-state index in [4.69, 9.17) is 0 Å². The van der Waals surface area contributed by atoms with Crippen LogP contribution >= 0.6 is 24.0 Å². The summed E-state index contributed by atoms with van der Waals surface area (Å²) in [5.41, 5.74) is 0. The van der Waals surface area contributed by atoms with Crippen molar-refractivity contribution in [3.63, 3.8) is 0 Å². The van der Waals surface area contributed by atoms with Gasteiger partial charge in [-0.3, -0.25) is 0 Å². The lowest BCUT2D eigenvalue weighted by Gasteiger charge is -2.12. The minimum absolute atomic E-state index is 0. The zero-order valence-corrected chi connectivity index (χ0v) is 9.36. The molecule has 0 saturated heterocycles. The van der Waals surface area contributed by atoms with E-state index in [0.29, 0.717) is 0 Å². The first-order valence-corrected chi connectivity index (χ1v) is 3.64. The van der Waals surface area contributed by atoms with E-state index in [-0.39, 0.29) is 24.0 Å². The second-order valence-electron chi connectivity index (χ2n) is 2.50. The quantitative estimate of drug-likeness (QED) is 0.707. The Kier molecular flexibility index (Phi) is 5.36. The second kappa shape index (κ2) is 5.46. The summed E-state index contributed by atoms with van der Waals surface area (Å²) < 4.78 is 0. The molecule has 0 bridgehead atoms. The Labute approximate surface area is 85.6 Å². The molecular weight excluding hydrogens is 251 g/mol. The molecule has 0 fully saturated rings. The van der Waals surface area contributed by atoms with Crippen molar-refractivity contribution in [1.82, 2.24) is 9.80 Å². The monoisotopic (exact) mass is 266 g/mol. The number of rotatable bonds is 2. The fraction of sp³-hybridized carbons (Fsp3) is 0.500. The molecule has 0 aromatic carbocycles. The van der Waals surface area contributed by atoms with Crippen LogP contribution in [-0.4, -0.2) is 23.5 Å². The first-order valence-electron chi connectivity index (χ1n) is 3.64. The molecule has 0 aromatic rings. The lowest BCUT2D eigenvalue weighted by Crippen LogP contribution is -2.17. The van der Waals surface area contributed by atoms with Crippen molar-refractivity contribution in [2.24, 2.45) is 0 Å². The number of halogens is 1. The van der Waals surface area contributed by atoms with Crippen molar-refractivity contribution in [1.29, 1.82) is 0 Å². The maximum atomic E-state index is 2.16. The number of allylic oxidation sites excluding steroid dienone is 1. The lowest BCUT2D eigenvalue weighted by atomic mass is 10.5. The van der Waals surface area contributed by atoms with Crippen molar-refractivity contribution in [3.05, 3.63) is 24.7 Å². The highest BCUT2D eigenvalue weighted by atomic mass is 127. The van der Waals surface area contributed by atoms with E-state index in [2.05, 4.69) is 48.4 Å². The Morgan fingerprint density at radius 1 is 1.45 bits per heavy atom. The van der Waals surface area contributed by atoms with E-state index in [1.165, 1.54) is 0 Å². The average Bonchev–Trinajstić information content (AvgIpc) is 2.31. The van der Waals surface area contributed by atoms with E-state index in [9.17, 15) is 0 Å². The minimum Gasteiger partial charge on any atom is -0.361 e. The molecule has 1 aliphatic heterocycles. The summed E-state index contributed by atoms with van der Waals surface area (Å²) in [6.07, 6.45) is 9.52. The largest absolute Gasteiger partial charge is 0.361 e. The van der Waals surface area contributed by atoms with Crippen molar-refractivity contribution in [3.8, 4) is 0 Å². The summed E-state index contributed by atoms with van der Waals surface area (Å²) in [4.78, 5) is 4.30. The van der Waals surface area contributed by atoms with E-state index >= 15 is 0 Å². The Morgan fingerprint density at radius 3 is 2.64 bits per heavy atom. The van der Waals surface area contributed by atoms with Crippen LogP contribution in [0.5, 0.6) is 0 Å². The van der Waals surface area contributed by atoms with Crippen LogP contribution in [0.2, 0.25) is 0 Å². The van der Waals surface area contributed by atoms with Gasteiger partial charge in [0.05, 0.1) is 6.67 Å². The molecule has 0 N–H and O–H groups in total. The summed E-state index contributed by atoms with van der Waals surface area (Å²) >= 11 is 0. The Morgan fingerprint density at radius 2 is 2.18 bits per heavy atom. The summed E-state index contributed by atoms with van der Waals surface area (Å²) in [5, 5.41) is 0. The van der Waals surface area contributed by atoms with Gasteiger partial charge in [0.25, 0.3) is 0 Å². The highest BCUT2D eigenvalue weighted by Crippen LogP contribution is 2.03. The van der Waals surface area contributed by atoms with Gasteiger partial charge >= 0.3 is 0 Å². The number of hydrogen-bond donors (Lipinski definition) is 0. The fourth-order valence-corrected chi connectivity index (χ4v) is 0.889. The van der Waals surface area contributed by atoms with Gasteiger partial charge in [-0.1, -0.05) is 13.0 Å². The van der Waals surface area contributed by atoms with E-state index in [1.807, 2.05) is 0 Å². The van der Waals surface area contributed by atoms with Crippen molar-refractivity contribution in [2.45, 2.75) is 13.3 Å². The van der Waals surface area contributed by atoms with Gasteiger partial charge in [0.15, 0.2) is 0 Å². The Hall–Kier alpha value is -0.190. The highest BCUT2D eigenvalue weighted by Gasteiger charge is 2.02. The molecule has 3 heteroatoms. The number of nitrogens with zero attached hydrogens (tertiary/aromatic N) is 2. The zero-order valence-electron chi connectivity index (χ0n) is 7.03. The van der Waals surface area contributed by atoms with E-state index in [1.54, 1.807) is 0 Å². The topological polar surface area (TPSA) is 6.48 Å². The maximum Gasteiger partial charge on any atom is 0.0932 e. The van der Waals surface area contributed by atoms with Gasteiger partial charge in [-0.25, -0.2) is 0 Å². The van der Waals surface area contributed by atoms with Crippen LogP contribution in [0, 0.1) is 0 Å². The van der Waals surface area contributed by atoms with Crippen LogP contribution in [-0.2, 0) is 0 Å². The SMILES string of the molecule is CCC=CN1C=CN(C)C1.I. The molecule has 1 heterocycles. The summed E-state index contributed by atoms with van der Waals surface area (Å²) in [7, 11) is 2.07. The lowest BCUT2D eigenvalue weighted by molar-refractivity contribution is 0.363. The summed E-state index contributed by atoms with van der Waals surface area (Å²) in [5.74, 6) is 0. The van der Waals surface area contributed by atoms with Crippen molar-refractivity contribution >= 4 is 24.0 Å². The molecule has 11 heavy (non-hydrogen) atoms. The van der Waals surface area contributed by atoms with Gasteiger partial charge in [-0.05, 0) is 6.42 Å². The van der Waals surface area contributed by atoms with Gasteiger partial charge < -0.3 is 9.80 Å². The third-order valence-electron chi connectivity index (χ3n) is 1.43. The van der Waals surface area contributed by atoms with Crippen LogP contribution < -0.4 is 0 Å². The molecule has 0 aromatic heterocycles. The third kappa shape index (κ3) is 3.65. The van der Waals surface area contributed by atoms with Crippen LogP contribution in [0.25, 0.3) is 0 Å². The minimum atomic E-state index is 0. The standard InChI is InChI=1S/C8H14N2.HI/c1-3-4-5-10-7-6-9(2)8-10;/h4-7H,3,8H2,1-2H3;1H. The predicted molar refractivity (Wildman–Crippen MR) is 58.5 cm³/mol. The first kappa shape index (κ1) is 10.8. The molecular formula is C8H15IN2. The smallest absolute Gasteiger partial charge is 0.0932 e. The Balaban J connectivity index is 0.000001000. The van der Waals surface area contributed by atoms with Gasteiger partial charge in [0, 0.05) is 25.6 Å². The Bertz CT molecular complexity index is 154. The molecule has 0 atom stereocenters. The van der Waals surface area contributed by atoms with Crippen LogP contribution in [0.15, 0.2) is 24.7 Å². The fourth-order valence-electron chi connectivity index (χ4n) is 0.889. The van der Waals surface area contributed by atoms with Gasteiger partial charge in [0.1, 0.15) is 0 Å². The summed E-state index contributed by atoms with van der Waals surface area (Å²) in [6, 6.07) is 0. The number of hydrogen-bond acceptors (Lipinski definition) is 2. The summed E-state index contributed by atoms with van der Waals surface area (Å²) in [6.45, 7) is 3.12. The van der Waals surface area contributed by atoms with Crippen LogP contribution in [0.4, 0.5) is 0 Å². The van der Waals surface area contributed by atoms with Gasteiger partial charge in [-0.15, -0.1) is 24.0 Å². The van der Waals surface area contributed by atoms with Gasteiger partial charge in [0.2, 0.25) is 0 Å². The zero-order chi connectivity index (χ0) is 7.40. The molecule has 0 radical (unpaired) electrons. The highest BCUT2D eigenvalue weighted by molar-refractivity contribution is 14.0. The molecule has 0 unspecified atom stereocenters. The van der Waals surface area contributed by atoms with Crippen LogP contribution in [0.1, 0.15) is 13.3 Å². The average molecular weight is 266 g/mol.